The third kappa shape index (κ3) is 9.98. The number of carbonyl (C=O) groups excluding carboxylic acids is 4. The Morgan fingerprint density at radius 1 is 1.10 bits per heavy atom. The molecular weight excluding hydrogens is 398 g/mol. The Hall–Kier alpha value is -2.38. The minimum Gasteiger partial charge on any atom is -0.461 e. The van der Waals surface area contributed by atoms with E-state index in [1.165, 1.54) is 6.92 Å². The summed E-state index contributed by atoms with van der Waals surface area (Å²) in [4.78, 5) is 49.0. The van der Waals surface area contributed by atoms with Gasteiger partial charge in [-0.2, -0.15) is 0 Å². The van der Waals surface area contributed by atoms with Crippen LogP contribution in [0, 0.1) is 16.7 Å². The van der Waals surface area contributed by atoms with Crippen molar-refractivity contribution in [2.75, 3.05) is 26.2 Å². The Kier molecular flexibility index (Phi) is 12.1. The number of hydrogen-bond acceptors (Lipinski definition) is 5. The molecule has 0 saturated carbocycles. The zero-order chi connectivity index (χ0) is 24.2. The van der Waals surface area contributed by atoms with Gasteiger partial charge in [-0.1, -0.05) is 54.5 Å². The van der Waals surface area contributed by atoms with E-state index in [9.17, 15) is 19.2 Å². The van der Waals surface area contributed by atoms with Crippen LogP contribution in [-0.4, -0.2) is 55.0 Å². The highest BCUT2D eigenvalue weighted by molar-refractivity contribution is 5.93. The molecule has 0 aromatic rings. The van der Waals surface area contributed by atoms with Gasteiger partial charge in [-0.25, -0.2) is 9.59 Å². The van der Waals surface area contributed by atoms with Crippen LogP contribution in [0.1, 0.15) is 67.7 Å². The normalized spacial score (nSPS) is 13.2. The quantitative estimate of drug-likeness (QED) is 0.260. The lowest BCUT2D eigenvalue weighted by atomic mass is 9.66. The lowest BCUT2D eigenvalue weighted by Crippen LogP contribution is -2.47. The maximum Gasteiger partial charge on any atom is 0.330 e. The molecule has 0 rings (SSSR count). The topological polar surface area (TPSA) is 105 Å². The lowest BCUT2D eigenvalue weighted by molar-refractivity contribution is -0.137. The number of nitrogens with one attached hydrogen (secondary N) is 2. The van der Waals surface area contributed by atoms with Crippen LogP contribution in [0.5, 0.6) is 0 Å². The van der Waals surface area contributed by atoms with Gasteiger partial charge in [0.1, 0.15) is 6.61 Å². The van der Waals surface area contributed by atoms with Crippen LogP contribution in [0.25, 0.3) is 0 Å². The molecule has 1 unspecified atom stereocenters. The van der Waals surface area contributed by atoms with Crippen LogP contribution in [0.2, 0.25) is 0 Å². The van der Waals surface area contributed by atoms with E-state index in [1.807, 2.05) is 6.92 Å². The summed E-state index contributed by atoms with van der Waals surface area (Å²) in [5.41, 5.74) is -0.445. The molecule has 0 heterocycles. The summed E-state index contributed by atoms with van der Waals surface area (Å²) in [6.45, 7) is 17.8. The molecule has 0 spiro atoms. The molecular formula is C23H41N3O5. The fourth-order valence-electron chi connectivity index (χ4n) is 3.17. The van der Waals surface area contributed by atoms with E-state index in [2.05, 4.69) is 51.8 Å². The van der Waals surface area contributed by atoms with Gasteiger partial charge in [-0.15, -0.1) is 0 Å². The second kappa shape index (κ2) is 13.1. The van der Waals surface area contributed by atoms with Gasteiger partial charge in [0.15, 0.2) is 0 Å². The van der Waals surface area contributed by atoms with Crippen molar-refractivity contribution >= 4 is 23.8 Å². The van der Waals surface area contributed by atoms with Gasteiger partial charge in [0, 0.05) is 31.5 Å². The number of esters is 1. The predicted octanol–water partition coefficient (Wildman–Crippen LogP) is 3.27. The number of nitrogens with zero attached hydrogens (tertiary/aromatic N) is 1. The molecule has 1 atom stereocenters. The number of ether oxygens (including phenoxy) is 1. The molecule has 0 aromatic heterocycles. The van der Waals surface area contributed by atoms with Crippen molar-refractivity contribution in [3.63, 3.8) is 0 Å². The first-order valence-electron chi connectivity index (χ1n) is 10.9. The minimum absolute atomic E-state index is 0.00751. The maximum absolute atomic E-state index is 12.9. The van der Waals surface area contributed by atoms with E-state index in [1.54, 1.807) is 0 Å². The number of hydrogen-bond donors (Lipinski definition) is 2. The van der Waals surface area contributed by atoms with Crippen LogP contribution < -0.4 is 10.6 Å². The van der Waals surface area contributed by atoms with E-state index in [4.69, 9.17) is 4.74 Å². The molecule has 8 nitrogen and oxygen atoms in total. The third-order valence-corrected chi connectivity index (χ3v) is 5.85. The first kappa shape index (κ1) is 28.6. The molecule has 0 aliphatic carbocycles. The largest absolute Gasteiger partial charge is 0.461 e. The molecule has 8 heteroatoms. The standard InChI is InChI=1S/C23H41N3O5/c1-9-19(28)31-15-13-25-21(30)26(18(5)27)14-11-12-24-20(29)23(8,17(3)4)16-22(6,7)10-2/h9,17H,1,10-16H2,2-8H3,(H,24,29)(H,25,30). The maximum atomic E-state index is 12.9. The molecule has 178 valence electrons. The molecule has 0 aliphatic heterocycles. The van der Waals surface area contributed by atoms with Crippen molar-refractivity contribution in [1.29, 1.82) is 0 Å². The Balaban J connectivity index is 4.67. The van der Waals surface area contributed by atoms with Crippen molar-refractivity contribution in [2.24, 2.45) is 16.7 Å². The van der Waals surface area contributed by atoms with Crippen molar-refractivity contribution in [3.05, 3.63) is 12.7 Å². The molecule has 0 radical (unpaired) electrons. The highest BCUT2D eigenvalue weighted by atomic mass is 16.5. The Morgan fingerprint density at radius 3 is 2.19 bits per heavy atom. The fourth-order valence-corrected chi connectivity index (χ4v) is 3.17. The summed E-state index contributed by atoms with van der Waals surface area (Å²) in [6.07, 6.45) is 3.23. The molecule has 2 N–H and O–H groups in total. The van der Waals surface area contributed by atoms with Gasteiger partial charge in [0.2, 0.25) is 11.8 Å². The summed E-state index contributed by atoms with van der Waals surface area (Å²) in [5, 5.41) is 5.51. The molecule has 0 bridgehead atoms. The van der Waals surface area contributed by atoms with E-state index in [-0.39, 0.29) is 36.9 Å². The molecule has 0 aliphatic rings. The van der Waals surface area contributed by atoms with E-state index in [0.29, 0.717) is 13.0 Å². The average molecular weight is 440 g/mol. The van der Waals surface area contributed by atoms with Crippen LogP contribution in [0.4, 0.5) is 4.79 Å². The van der Waals surface area contributed by atoms with Crippen LogP contribution in [0.15, 0.2) is 12.7 Å². The highest BCUT2D eigenvalue weighted by Crippen LogP contribution is 2.41. The zero-order valence-corrected chi connectivity index (χ0v) is 20.3. The van der Waals surface area contributed by atoms with Gasteiger partial charge in [-0.05, 0) is 24.2 Å². The Morgan fingerprint density at radius 2 is 1.71 bits per heavy atom. The average Bonchev–Trinajstić information content (AvgIpc) is 2.69. The summed E-state index contributed by atoms with van der Waals surface area (Å²) in [7, 11) is 0. The summed E-state index contributed by atoms with van der Waals surface area (Å²) < 4.78 is 4.78. The molecule has 0 saturated heterocycles. The molecule has 0 aromatic carbocycles. The first-order valence-corrected chi connectivity index (χ1v) is 10.9. The van der Waals surface area contributed by atoms with Crippen LogP contribution in [-0.2, 0) is 19.1 Å². The molecule has 4 amide bonds. The molecule has 31 heavy (non-hydrogen) atoms. The fraction of sp³-hybridized carbons (Fsp3) is 0.739. The second-order valence-electron chi connectivity index (χ2n) is 9.15. The third-order valence-electron chi connectivity index (χ3n) is 5.85. The van der Waals surface area contributed by atoms with Gasteiger partial charge in [0.25, 0.3) is 0 Å². The van der Waals surface area contributed by atoms with E-state index < -0.39 is 23.3 Å². The Labute approximate surface area is 187 Å². The monoisotopic (exact) mass is 439 g/mol. The van der Waals surface area contributed by atoms with Crippen molar-refractivity contribution < 1.29 is 23.9 Å². The van der Waals surface area contributed by atoms with Crippen LogP contribution >= 0.6 is 0 Å². The smallest absolute Gasteiger partial charge is 0.330 e. The lowest BCUT2D eigenvalue weighted by Gasteiger charge is -2.39. The zero-order valence-electron chi connectivity index (χ0n) is 20.3. The summed E-state index contributed by atoms with van der Waals surface area (Å²) >= 11 is 0. The predicted molar refractivity (Wildman–Crippen MR) is 121 cm³/mol. The number of urea groups is 1. The van der Waals surface area contributed by atoms with E-state index >= 15 is 0 Å². The number of carbonyl (C=O) groups is 4. The number of imide groups is 1. The SMILES string of the molecule is C=CC(=O)OCCNC(=O)N(CCCNC(=O)C(C)(CC(C)(C)CC)C(C)C)C(C)=O. The van der Waals surface area contributed by atoms with Crippen molar-refractivity contribution in [2.45, 2.75) is 67.7 Å². The van der Waals surface area contributed by atoms with Gasteiger partial charge < -0.3 is 15.4 Å². The van der Waals surface area contributed by atoms with Crippen molar-refractivity contribution in [3.8, 4) is 0 Å². The molecule has 0 fully saturated rings. The highest BCUT2D eigenvalue weighted by Gasteiger charge is 2.40. The van der Waals surface area contributed by atoms with Gasteiger partial charge in [0.05, 0.1) is 6.54 Å². The van der Waals surface area contributed by atoms with E-state index in [0.717, 1.165) is 23.8 Å². The minimum atomic E-state index is -0.580. The van der Waals surface area contributed by atoms with Gasteiger partial charge in [-0.3, -0.25) is 14.5 Å². The van der Waals surface area contributed by atoms with Crippen LogP contribution in [0.3, 0.4) is 0 Å². The number of rotatable bonds is 13. The van der Waals surface area contributed by atoms with Gasteiger partial charge >= 0.3 is 12.0 Å². The first-order chi connectivity index (χ1) is 14.3. The summed E-state index contributed by atoms with van der Waals surface area (Å²) in [5.74, 6) is -0.812. The van der Waals surface area contributed by atoms with Crippen molar-refractivity contribution in [1.82, 2.24) is 15.5 Å². The number of amides is 4. The second-order valence-corrected chi connectivity index (χ2v) is 9.15. The summed E-state index contributed by atoms with van der Waals surface area (Å²) in [6, 6.07) is -0.565. The Bertz CT molecular complexity index is 645.